The molecule has 0 atom stereocenters. The van der Waals surface area contributed by atoms with E-state index in [-0.39, 0.29) is 23.8 Å². The zero-order valence-corrected chi connectivity index (χ0v) is 10.6. The van der Waals surface area contributed by atoms with E-state index >= 15 is 0 Å². The second kappa shape index (κ2) is 5.35. The van der Waals surface area contributed by atoms with Crippen LogP contribution in [0.5, 0.6) is 5.75 Å². The first-order chi connectivity index (χ1) is 7.83. The van der Waals surface area contributed by atoms with Crippen LogP contribution in [0.3, 0.4) is 0 Å². The van der Waals surface area contributed by atoms with Crippen molar-refractivity contribution < 1.29 is 17.5 Å². The molecule has 0 saturated carbocycles. The third-order valence-corrected chi connectivity index (χ3v) is 4.49. The molecule has 1 rings (SSSR count). The van der Waals surface area contributed by atoms with Crippen LogP contribution in [-0.2, 0) is 9.84 Å². The summed E-state index contributed by atoms with van der Waals surface area (Å²) in [5.41, 5.74) is 5.84. The van der Waals surface area contributed by atoms with Crippen molar-refractivity contribution in [2.45, 2.75) is 19.1 Å². The molecule has 0 fully saturated rings. The minimum atomic E-state index is -3.15. The average molecular weight is 261 g/mol. The molecule has 2 N–H and O–H groups in total. The molecule has 0 radical (unpaired) electrons. The van der Waals surface area contributed by atoms with E-state index in [0.29, 0.717) is 0 Å². The maximum atomic E-state index is 12.9. The van der Waals surface area contributed by atoms with E-state index < -0.39 is 20.9 Å². The van der Waals surface area contributed by atoms with Crippen LogP contribution in [0.2, 0.25) is 0 Å². The van der Waals surface area contributed by atoms with Gasteiger partial charge in [0.1, 0.15) is 18.2 Å². The third-order valence-electron chi connectivity index (χ3n) is 2.32. The Balaban J connectivity index is 2.60. The molecule has 0 amide bonds. The minimum Gasteiger partial charge on any atom is -0.490 e. The van der Waals surface area contributed by atoms with E-state index in [1.807, 2.05) is 0 Å². The van der Waals surface area contributed by atoms with Crippen molar-refractivity contribution in [2.75, 3.05) is 18.1 Å². The largest absolute Gasteiger partial charge is 0.490 e. The molecule has 0 unspecified atom stereocenters. The van der Waals surface area contributed by atoms with Crippen molar-refractivity contribution in [1.82, 2.24) is 0 Å². The number of hydrogen-bond acceptors (Lipinski definition) is 4. The summed E-state index contributed by atoms with van der Waals surface area (Å²) in [7, 11) is -3.15. The number of anilines is 1. The molecular formula is C11H16FNO3S. The lowest BCUT2D eigenvalue weighted by Gasteiger charge is -2.10. The molecular weight excluding hydrogens is 245 g/mol. The number of benzene rings is 1. The fraction of sp³-hybridized carbons (Fsp3) is 0.455. The lowest BCUT2D eigenvalue weighted by molar-refractivity contribution is 0.340. The quantitative estimate of drug-likeness (QED) is 0.817. The van der Waals surface area contributed by atoms with Crippen molar-refractivity contribution in [3.8, 4) is 5.75 Å². The Morgan fingerprint density at radius 1 is 1.41 bits per heavy atom. The maximum absolute atomic E-state index is 12.9. The Labute approximate surface area is 101 Å². The van der Waals surface area contributed by atoms with E-state index in [2.05, 4.69) is 0 Å². The first-order valence-electron chi connectivity index (χ1n) is 5.22. The van der Waals surface area contributed by atoms with Gasteiger partial charge in [0, 0.05) is 6.07 Å². The molecule has 17 heavy (non-hydrogen) atoms. The van der Waals surface area contributed by atoms with Gasteiger partial charge in [-0.2, -0.15) is 0 Å². The number of sulfone groups is 1. The van der Waals surface area contributed by atoms with Gasteiger partial charge in [-0.15, -0.1) is 0 Å². The van der Waals surface area contributed by atoms with Crippen LogP contribution >= 0.6 is 0 Å². The molecule has 0 aromatic heterocycles. The van der Waals surface area contributed by atoms with Crippen molar-refractivity contribution in [3.05, 3.63) is 24.0 Å². The van der Waals surface area contributed by atoms with Crippen LogP contribution in [0, 0.1) is 5.82 Å². The van der Waals surface area contributed by atoms with E-state index in [0.717, 1.165) is 6.07 Å². The number of halogens is 1. The minimum absolute atomic E-state index is 0.0336. The van der Waals surface area contributed by atoms with E-state index in [4.69, 9.17) is 10.5 Å². The molecule has 0 aliphatic carbocycles. The average Bonchev–Trinajstić information content (AvgIpc) is 2.22. The summed E-state index contributed by atoms with van der Waals surface area (Å²) < 4.78 is 41.0. The lowest BCUT2D eigenvalue weighted by Crippen LogP contribution is -2.22. The van der Waals surface area contributed by atoms with Gasteiger partial charge in [0.15, 0.2) is 9.84 Å². The molecule has 0 aliphatic heterocycles. The standard InChI is InChI=1S/C11H16FNO3S/c1-8(2)17(14,15)6-5-16-11-7-9(12)3-4-10(11)13/h3-4,7-8H,5-6,13H2,1-2H3. The number of hydrogen-bond donors (Lipinski definition) is 1. The van der Waals surface area contributed by atoms with Crippen LogP contribution in [0.1, 0.15) is 13.8 Å². The van der Waals surface area contributed by atoms with Gasteiger partial charge in [0.2, 0.25) is 0 Å². The predicted molar refractivity (Wildman–Crippen MR) is 65.2 cm³/mol. The second-order valence-electron chi connectivity index (χ2n) is 3.95. The highest BCUT2D eigenvalue weighted by Gasteiger charge is 2.16. The maximum Gasteiger partial charge on any atom is 0.155 e. The molecule has 0 spiro atoms. The topological polar surface area (TPSA) is 69.4 Å². The monoisotopic (exact) mass is 261 g/mol. The Bertz CT molecular complexity index is 485. The van der Waals surface area contributed by atoms with Crippen molar-refractivity contribution in [1.29, 1.82) is 0 Å². The third kappa shape index (κ3) is 3.89. The molecule has 0 aliphatic rings. The summed E-state index contributed by atoms with van der Waals surface area (Å²) in [6.07, 6.45) is 0. The summed E-state index contributed by atoms with van der Waals surface area (Å²) >= 11 is 0. The Kier molecular flexibility index (Phi) is 4.34. The molecule has 1 aromatic carbocycles. The van der Waals surface area contributed by atoms with E-state index in [1.54, 1.807) is 13.8 Å². The van der Waals surface area contributed by atoms with Crippen LogP contribution in [0.25, 0.3) is 0 Å². The van der Waals surface area contributed by atoms with Crippen LogP contribution in [0.4, 0.5) is 10.1 Å². The molecule has 0 saturated heterocycles. The number of rotatable bonds is 5. The lowest BCUT2D eigenvalue weighted by atomic mass is 10.3. The van der Waals surface area contributed by atoms with E-state index in [1.165, 1.54) is 12.1 Å². The molecule has 6 heteroatoms. The zero-order chi connectivity index (χ0) is 13.1. The highest BCUT2D eigenvalue weighted by molar-refractivity contribution is 7.91. The van der Waals surface area contributed by atoms with E-state index in [9.17, 15) is 12.8 Å². The van der Waals surface area contributed by atoms with Gasteiger partial charge < -0.3 is 10.5 Å². The molecule has 1 aromatic rings. The molecule has 0 heterocycles. The van der Waals surface area contributed by atoms with Gasteiger partial charge >= 0.3 is 0 Å². The van der Waals surface area contributed by atoms with Crippen LogP contribution in [-0.4, -0.2) is 26.0 Å². The first-order valence-corrected chi connectivity index (χ1v) is 6.94. The first kappa shape index (κ1) is 13.8. The molecule has 0 bridgehead atoms. The number of ether oxygens (including phenoxy) is 1. The van der Waals surface area contributed by atoms with Gasteiger partial charge in [-0.25, -0.2) is 12.8 Å². The van der Waals surface area contributed by atoms with Crippen molar-refractivity contribution >= 4 is 15.5 Å². The zero-order valence-electron chi connectivity index (χ0n) is 9.81. The van der Waals surface area contributed by atoms with Gasteiger partial charge in [0.05, 0.1) is 16.7 Å². The van der Waals surface area contributed by atoms with Crippen molar-refractivity contribution in [3.63, 3.8) is 0 Å². The predicted octanol–water partition coefficient (Wildman–Crippen LogP) is 1.61. The summed E-state index contributed by atoms with van der Waals surface area (Å²) in [4.78, 5) is 0. The normalized spacial score (nSPS) is 11.8. The fourth-order valence-corrected chi connectivity index (χ4v) is 1.92. The van der Waals surface area contributed by atoms with Gasteiger partial charge in [0.25, 0.3) is 0 Å². The smallest absolute Gasteiger partial charge is 0.155 e. The summed E-state index contributed by atoms with van der Waals surface area (Å²) in [6, 6.07) is 3.73. The van der Waals surface area contributed by atoms with Gasteiger partial charge in [-0.3, -0.25) is 0 Å². The Morgan fingerprint density at radius 2 is 2.06 bits per heavy atom. The number of nitrogen functional groups attached to an aromatic ring is 1. The Hall–Kier alpha value is -1.30. The van der Waals surface area contributed by atoms with Gasteiger partial charge in [-0.05, 0) is 26.0 Å². The highest BCUT2D eigenvalue weighted by atomic mass is 32.2. The van der Waals surface area contributed by atoms with Crippen LogP contribution < -0.4 is 10.5 Å². The summed E-state index contributed by atoms with van der Waals surface area (Å²) in [5.74, 6) is -0.412. The SMILES string of the molecule is CC(C)S(=O)(=O)CCOc1cc(F)ccc1N. The summed E-state index contributed by atoms with van der Waals surface area (Å²) in [6.45, 7) is 3.17. The molecule has 4 nitrogen and oxygen atoms in total. The fourth-order valence-electron chi connectivity index (χ4n) is 1.14. The molecule has 96 valence electrons. The van der Waals surface area contributed by atoms with Crippen LogP contribution in [0.15, 0.2) is 18.2 Å². The second-order valence-corrected chi connectivity index (χ2v) is 6.62. The Morgan fingerprint density at radius 3 is 2.65 bits per heavy atom. The summed E-state index contributed by atoms with van der Waals surface area (Å²) in [5, 5.41) is -0.448. The van der Waals surface area contributed by atoms with Gasteiger partial charge in [-0.1, -0.05) is 0 Å². The highest BCUT2D eigenvalue weighted by Crippen LogP contribution is 2.21. The number of nitrogens with two attached hydrogens (primary N) is 1. The van der Waals surface area contributed by atoms with Crippen molar-refractivity contribution in [2.24, 2.45) is 0 Å².